The van der Waals surface area contributed by atoms with Crippen LogP contribution in [0.25, 0.3) is 0 Å². The van der Waals surface area contributed by atoms with E-state index in [-0.39, 0.29) is 22.7 Å². The van der Waals surface area contributed by atoms with Crippen LogP contribution in [0, 0.1) is 0 Å². The molecule has 1 fully saturated rings. The first-order valence-corrected chi connectivity index (χ1v) is 7.27. The summed E-state index contributed by atoms with van der Waals surface area (Å²) < 4.78 is 0. The number of amides is 2. The van der Waals surface area contributed by atoms with Crippen LogP contribution in [0.5, 0.6) is 0 Å². The van der Waals surface area contributed by atoms with Crippen LogP contribution in [0.2, 0.25) is 5.02 Å². The molecule has 1 unspecified atom stereocenters. The van der Waals surface area contributed by atoms with Crippen molar-refractivity contribution in [3.8, 4) is 0 Å². The molecule has 2 amide bonds. The number of carbonyl (C=O) groups excluding carboxylic acids is 1. The lowest BCUT2D eigenvalue weighted by Crippen LogP contribution is -2.37. The van der Waals surface area contributed by atoms with Crippen LogP contribution >= 0.6 is 23.4 Å². The maximum Gasteiger partial charge on any atom is 0.337 e. The molecule has 1 aliphatic rings. The molecule has 7 heteroatoms. The Kier molecular flexibility index (Phi) is 4.55. The second-order valence-corrected chi connectivity index (χ2v) is 5.72. The van der Waals surface area contributed by atoms with Gasteiger partial charge in [0.1, 0.15) is 0 Å². The maximum atomic E-state index is 11.7. The lowest BCUT2D eigenvalue weighted by Gasteiger charge is -2.12. The molecule has 5 nitrogen and oxygen atoms in total. The largest absolute Gasteiger partial charge is 0.478 e. The SMILES string of the molecule is O=C(Nc1ccc(C(=O)O)c(Cl)c1)NC1CCSC1. The average Bonchev–Trinajstić information content (AvgIpc) is 2.81. The molecule has 1 aromatic rings. The highest BCUT2D eigenvalue weighted by Crippen LogP contribution is 2.21. The van der Waals surface area contributed by atoms with Crippen molar-refractivity contribution in [2.75, 3.05) is 16.8 Å². The highest BCUT2D eigenvalue weighted by molar-refractivity contribution is 7.99. The first-order chi connectivity index (χ1) is 9.06. The van der Waals surface area contributed by atoms with Gasteiger partial charge in [0.25, 0.3) is 0 Å². The molecule has 1 atom stereocenters. The minimum Gasteiger partial charge on any atom is -0.478 e. The summed E-state index contributed by atoms with van der Waals surface area (Å²) in [5, 5.41) is 14.4. The number of rotatable bonds is 3. The van der Waals surface area contributed by atoms with E-state index in [0.29, 0.717) is 5.69 Å². The van der Waals surface area contributed by atoms with Crippen LogP contribution in [0.15, 0.2) is 18.2 Å². The zero-order chi connectivity index (χ0) is 13.8. The smallest absolute Gasteiger partial charge is 0.337 e. The number of hydrogen-bond donors (Lipinski definition) is 3. The van der Waals surface area contributed by atoms with E-state index in [0.717, 1.165) is 17.9 Å². The van der Waals surface area contributed by atoms with Crippen molar-refractivity contribution < 1.29 is 14.7 Å². The summed E-state index contributed by atoms with van der Waals surface area (Å²) in [7, 11) is 0. The second kappa shape index (κ2) is 6.16. The number of carboxylic acids is 1. The fourth-order valence-electron chi connectivity index (χ4n) is 1.77. The minimum atomic E-state index is -1.09. The molecular weight excluding hydrogens is 288 g/mol. The molecule has 0 bridgehead atoms. The Hall–Kier alpha value is -1.40. The topological polar surface area (TPSA) is 78.4 Å². The Labute approximate surface area is 119 Å². The number of carbonyl (C=O) groups is 2. The molecule has 2 rings (SSSR count). The Morgan fingerprint density at radius 1 is 1.42 bits per heavy atom. The molecule has 3 N–H and O–H groups in total. The fourth-order valence-corrected chi connectivity index (χ4v) is 3.18. The highest BCUT2D eigenvalue weighted by Gasteiger charge is 2.17. The Bertz CT molecular complexity index is 504. The Morgan fingerprint density at radius 3 is 2.79 bits per heavy atom. The number of hydrogen-bond acceptors (Lipinski definition) is 3. The van der Waals surface area contributed by atoms with Gasteiger partial charge in [0.2, 0.25) is 0 Å². The summed E-state index contributed by atoms with van der Waals surface area (Å²) in [5.74, 6) is 0.889. The van der Waals surface area contributed by atoms with E-state index < -0.39 is 5.97 Å². The summed E-state index contributed by atoms with van der Waals surface area (Å²) >= 11 is 7.63. The number of carboxylic acid groups (broad SMARTS) is 1. The van der Waals surface area contributed by atoms with Crippen molar-refractivity contribution in [3.05, 3.63) is 28.8 Å². The molecule has 0 spiro atoms. The molecule has 1 aromatic carbocycles. The van der Waals surface area contributed by atoms with Gasteiger partial charge < -0.3 is 15.7 Å². The number of anilines is 1. The van der Waals surface area contributed by atoms with E-state index in [2.05, 4.69) is 10.6 Å². The van der Waals surface area contributed by atoms with Gasteiger partial charge in [-0.05, 0) is 30.4 Å². The maximum absolute atomic E-state index is 11.7. The van der Waals surface area contributed by atoms with Crippen LogP contribution < -0.4 is 10.6 Å². The van der Waals surface area contributed by atoms with E-state index in [9.17, 15) is 9.59 Å². The van der Waals surface area contributed by atoms with Gasteiger partial charge in [0.15, 0.2) is 0 Å². The third kappa shape index (κ3) is 3.78. The third-order valence-electron chi connectivity index (χ3n) is 2.72. The number of urea groups is 1. The molecule has 102 valence electrons. The third-order valence-corrected chi connectivity index (χ3v) is 4.20. The Balaban J connectivity index is 1.96. The number of thioether (sulfide) groups is 1. The molecule has 0 aromatic heterocycles. The van der Waals surface area contributed by atoms with Crippen LogP contribution in [-0.4, -0.2) is 34.7 Å². The van der Waals surface area contributed by atoms with E-state index >= 15 is 0 Å². The number of nitrogens with one attached hydrogen (secondary N) is 2. The lowest BCUT2D eigenvalue weighted by atomic mass is 10.2. The van der Waals surface area contributed by atoms with E-state index in [1.54, 1.807) is 0 Å². The average molecular weight is 301 g/mol. The molecule has 1 saturated heterocycles. The van der Waals surface area contributed by atoms with Gasteiger partial charge in [-0.1, -0.05) is 11.6 Å². The molecule has 19 heavy (non-hydrogen) atoms. The van der Waals surface area contributed by atoms with Gasteiger partial charge in [-0.15, -0.1) is 0 Å². The van der Waals surface area contributed by atoms with Crippen molar-refractivity contribution >= 4 is 41.1 Å². The normalized spacial score (nSPS) is 18.1. The van der Waals surface area contributed by atoms with Gasteiger partial charge in [0.05, 0.1) is 10.6 Å². The zero-order valence-electron chi connectivity index (χ0n) is 9.98. The first kappa shape index (κ1) is 14.0. The van der Waals surface area contributed by atoms with Gasteiger partial charge in [-0.3, -0.25) is 0 Å². The lowest BCUT2D eigenvalue weighted by molar-refractivity contribution is 0.0697. The summed E-state index contributed by atoms with van der Waals surface area (Å²) in [6.45, 7) is 0. The van der Waals surface area contributed by atoms with Crippen molar-refractivity contribution in [3.63, 3.8) is 0 Å². The van der Waals surface area contributed by atoms with Crippen molar-refractivity contribution in [1.82, 2.24) is 5.32 Å². The number of benzene rings is 1. The van der Waals surface area contributed by atoms with Crippen molar-refractivity contribution in [1.29, 1.82) is 0 Å². The first-order valence-electron chi connectivity index (χ1n) is 5.74. The molecule has 0 radical (unpaired) electrons. The predicted molar refractivity (Wildman–Crippen MR) is 76.3 cm³/mol. The van der Waals surface area contributed by atoms with Crippen LogP contribution in [0.1, 0.15) is 16.8 Å². The molecule has 1 heterocycles. The van der Waals surface area contributed by atoms with E-state index in [4.69, 9.17) is 16.7 Å². The molecular formula is C12H13ClN2O3S. The Morgan fingerprint density at radius 2 is 2.21 bits per heavy atom. The van der Waals surface area contributed by atoms with Gasteiger partial charge in [-0.25, -0.2) is 9.59 Å². The van der Waals surface area contributed by atoms with Gasteiger partial charge in [-0.2, -0.15) is 11.8 Å². The van der Waals surface area contributed by atoms with Crippen molar-refractivity contribution in [2.24, 2.45) is 0 Å². The minimum absolute atomic E-state index is 0.0137. The van der Waals surface area contributed by atoms with Crippen molar-refractivity contribution in [2.45, 2.75) is 12.5 Å². The van der Waals surface area contributed by atoms with Gasteiger partial charge >= 0.3 is 12.0 Å². The van der Waals surface area contributed by atoms with Crippen LogP contribution in [0.4, 0.5) is 10.5 Å². The monoisotopic (exact) mass is 300 g/mol. The predicted octanol–water partition coefficient (Wildman–Crippen LogP) is 2.67. The fraction of sp³-hybridized carbons (Fsp3) is 0.333. The summed E-state index contributed by atoms with van der Waals surface area (Å²) in [6, 6.07) is 4.20. The standard InChI is InChI=1S/C12H13ClN2O3S/c13-10-5-7(1-2-9(10)11(16)17)14-12(18)15-8-3-4-19-6-8/h1-2,5,8H,3-4,6H2,(H,16,17)(H2,14,15,18). The molecule has 0 aliphatic carbocycles. The summed E-state index contributed by atoms with van der Waals surface area (Å²) in [5.41, 5.74) is 0.484. The van der Waals surface area contributed by atoms with Crippen LogP contribution in [0.3, 0.4) is 0 Å². The second-order valence-electron chi connectivity index (χ2n) is 4.16. The van der Waals surface area contributed by atoms with E-state index in [1.807, 2.05) is 11.8 Å². The van der Waals surface area contributed by atoms with Gasteiger partial charge in [0, 0.05) is 17.5 Å². The molecule has 0 saturated carbocycles. The summed E-state index contributed by atoms with van der Waals surface area (Å²) in [4.78, 5) is 22.5. The van der Waals surface area contributed by atoms with E-state index in [1.165, 1.54) is 18.2 Å². The molecule has 1 aliphatic heterocycles. The highest BCUT2D eigenvalue weighted by atomic mass is 35.5. The number of halogens is 1. The van der Waals surface area contributed by atoms with Crippen LogP contribution in [-0.2, 0) is 0 Å². The zero-order valence-corrected chi connectivity index (χ0v) is 11.6. The summed E-state index contributed by atoms with van der Waals surface area (Å²) in [6.07, 6.45) is 0.969. The number of aromatic carboxylic acids is 1. The quantitative estimate of drug-likeness (QED) is 0.802.